The van der Waals surface area contributed by atoms with Crippen molar-refractivity contribution >= 4 is 11.8 Å². The number of aryl methyl sites for hydroxylation is 1. The van der Waals surface area contributed by atoms with E-state index in [0.29, 0.717) is 11.1 Å². The maximum Gasteiger partial charge on any atom is 0.262 e. The minimum absolute atomic E-state index is 0.286. The van der Waals surface area contributed by atoms with Gasteiger partial charge in [0.05, 0.1) is 29.9 Å². The van der Waals surface area contributed by atoms with Crippen LogP contribution in [0.25, 0.3) is 0 Å². The lowest BCUT2D eigenvalue weighted by Crippen LogP contribution is -2.63. The number of hydrogen-bond acceptors (Lipinski definition) is 6. The third-order valence-electron chi connectivity index (χ3n) is 4.85. The van der Waals surface area contributed by atoms with Gasteiger partial charge in [-0.05, 0) is 19.1 Å². The summed E-state index contributed by atoms with van der Waals surface area (Å²) in [6.45, 7) is 3.25. The first-order chi connectivity index (χ1) is 11.4. The number of carbonyl (C=O) groups is 2. The van der Waals surface area contributed by atoms with Gasteiger partial charge in [-0.3, -0.25) is 14.5 Å². The molecule has 5 atom stereocenters. The van der Waals surface area contributed by atoms with E-state index in [1.165, 1.54) is 7.11 Å². The number of aliphatic hydroxyl groups excluding tert-OH is 2. The number of methoxy groups -OCH3 is 1. The molecular weight excluding hydrogens is 314 g/mol. The Bertz CT molecular complexity index is 673. The summed E-state index contributed by atoms with van der Waals surface area (Å²) in [5.74, 6) is -1.40. The molecule has 1 aromatic rings. The van der Waals surface area contributed by atoms with Gasteiger partial charge in [0.2, 0.25) is 0 Å². The van der Waals surface area contributed by atoms with Crippen molar-refractivity contribution in [2.75, 3.05) is 13.7 Å². The molecule has 1 aromatic carbocycles. The van der Waals surface area contributed by atoms with Gasteiger partial charge in [0.15, 0.2) is 6.29 Å². The molecule has 3 unspecified atom stereocenters. The summed E-state index contributed by atoms with van der Waals surface area (Å²) in [5, 5.41) is 20.0. The molecule has 7 heteroatoms. The van der Waals surface area contributed by atoms with Crippen molar-refractivity contribution in [2.24, 2.45) is 5.92 Å². The van der Waals surface area contributed by atoms with Crippen molar-refractivity contribution in [3.63, 3.8) is 0 Å². The summed E-state index contributed by atoms with van der Waals surface area (Å²) in [5.41, 5.74) is 1.50. The summed E-state index contributed by atoms with van der Waals surface area (Å²) in [6.07, 6.45) is -2.69. The van der Waals surface area contributed by atoms with Crippen LogP contribution in [0.4, 0.5) is 0 Å². The zero-order valence-electron chi connectivity index (χ0n) is 13.8. The van der Waals surface area contributed by atoms with Crippen molar-refractivity contribution < 1.29 is 29.3 Å². The molecule has 0 bridgehead atoms. The summed E-state index contributed by atoms with van der Waals surface area (Å²) < 4.78 is 10.9. The third kappa shape index (κ3) is 2.44. The van der Waals surface area contributed by atoms with E-state index in [9.17, 15) is 19.8 Å². The minimum atomic E-state index is -1.07. The quantitative estimate of drug-likeness (QED) is 0.773. The smallest absolute Gasteiger partial charge is 0.262 e. The number of ether oxygens (including phenoxy) is 2. The zero-order chi connectivity index (χ0) is 17.6. The maximum atomic E-state index is 12.8. The summed E-state index contributed by atoms with van der Waals surface area (Å²) in [4.78, 5) is 26.5. The maximum absolute atomic E-state index is 12.8. The number of rotatable bonds is 3. The van der Waals surface area contributed by atoms with E-state index in [2.05, 4.69) is 0 Å². The van der Waals surface area contributed by atoms with Crippen molar-refractivity contribution in [1.29, 1.82) is 0 Å². The first-order valence-electron chi connectivity index (χ1n) is 7.86. The molecule has 3 rings (SSSR count). The average molecular weight is 335 g/mol. The number of aliphatic hydroxyl groups is 2. The monoisotopic (exact) mass is 335 g/mol. The van der Waals surface area contributed by atoms with Crippen LogP contribution < -0.4 is 0 Å². The Morgan fingerprint density at radius 1 is 1.25 bits per heavy atom. The van der Waals surface area contributed by atoms with Crippen LogP contribution >= 0.6 is 0 Å². The SMILES string of the molecule is CO[C@@H]1OC(CO)[C@@H](C)C(O)C1N1C(=O)c2ccc(C)cc2C1=O. The molecule has 2 heterocycles. The van der Waals surface area contributed by atoms with Crippen LogP contribution in [0.15, 0.2) is 18.2 Å². The lowest BCUT2D eigenvalue weighted by atomic mass is 9.88. The Morgan fingerprint density at radius 2 is 1.92 bits per heavy atom. The van der Waals surface area contributed by atoms with Gasteiger partial charge in [0.1, 0.15) is 6.04 Å². The van der Waals surface area contributed by atoms with Crippen molar-refractivity contribution in [1.82, 2.24) is 4.90 Å². The average Bonchev–Trinajstić information content (AvgIpc) is 2.81. The van der Waals surface area contributed by atoms with Gasteiger partial charge >= 0.3 is 0 Å². The summed E-state index contributed by atoms with van der Waals surface area (Å²) in [6, 6.07) is 4.07. The summed E-state index contributed by atoms with van der Waals surface area (Å²) >= 11 is 0. The van der Waals surface area contributed by atoms with E-state index in [4.69, 9.17) is 9.47 Å². The molecular formula is C17H21NO6. The largest absolute Gasteiger partial charge is 0.394 e. The number of imide groups is 1. The van der Waals surface area contributed by atoms with E-state index in [1.807, 2.05) is 6.92 Å². The van der Waals surface area contributed by atoms with Crippen LogP contribution in [-0.4, -0.2) is 65.2 Å². The van der Waals surface area contributed by atoms with Crippen LogP contribution in [0.2, 0.25) is 0 Å². The predicted molar refractivity (Wildman–Crippen MR) is 83.4 cm³/mol. The second kappa shape index (κ2) is 6.25. The molecule has 7 nitrogen and oxygen atoms in total. The zero-order valence-corrected chi connectivity index (χ0v) is 13.8. The van der Waals surface area contributed by atoms with Gasteiger partial charge in [-0.1, -0.05) is 18.6 Å². The molecule has 2 aliphatic rings. The Labute approximate surface area is 139 Å². The molecule has 0 aliphatic carbocycles. The Hall–Kier alpha value is -1.80. The normalized spacial score (nSPS) is 33.0. The number of amides is 2. The fourth-order valence-corrected chi connectivity index (χ4v) is 3.39. The molecule has 1 fully saturated rings. The number of benzene rings is 1. The molecule has 2 N–H and O–H groups in total. The van der Waals surface area contributed by atoms with Crippen molar-refractivity contribution in [3.8, 4) is 0 Å². The number of fused-ring (bicyclic) bond motifs is 1. The highest BCUT2D eigenvalue weighted by Crippen LogP contribution is 2.34. The van der Waals surface area contributed by atoms with Gasteiger partial charge in [0.25, 0.3) is 11.8 Å². The summed E-state index contributed by atoms with van der Waals surface area (Å²) in [7, 11) is 1.37. The molecule has 0 radical (unpaired) electrons. The topological polar surface area (TPSA) is 96.3 Å². The van der Waals surface area contributed by atoms with E-state index >= 15 is 0 Å². The molecule has 1 saturated heterocycles. The Balaban J connectivity index is 1.99. The van der Waals surface area contributed by atoms with E-state index in [1.54, 1.807) is 25.1 Å². The third-order valence-corrected chi connectivity index (χ3v) is 4.85. The number of carbonyl (C=O) groups excluding carboxylic acids is 2. The first-order valence-corrected chi connectivity index (χ1v) is 7.86. The van der Waals surface area contributed by atoms with Gasteiger partial charge < -0.3 is 19.7 Å². The lowest BCUT2D eigenvalue weighted by molar-refractivity contribution is -0.256. The van der Waals surface area contributed by atoms with Crippen LogP contribution in [-0.2, 0) is 9.47 Å². The predicted octanol–water partition coefficient (Wildman–Crippen LogP) is 0.320. The van der Waals surface area contributed by atoms with Gasteiger partial charge in [-0.2, -0.15) is 0 Å². The molecule has 0 spiro atoms. The second-order valence-corrected chi connectivity index (χ2v) is 6.33. The number of nitrogens with zero attached hydrogens (tertiary/aromatic N) is 1. The van der Waals surface area contributed by atoms with Crippen LogP contribution in [0.5, 0.6) is 0 Å². The first kappa shape index (κ1) is 17.0. The molecule has 2 amide bonds. The van der Waals surface area contributed by atoms with Crippen molar-refractivity contribution in [2.45, 2.75) is 38.4 Å². The van der Waals surface area contributed by atoms with Gasteiger partial charge in [0, 0.05) is 13.0 Å². The Kier molecular flexibility index (Phi) is 4.44. The van der Waals surface area contributed by atoms with E-state index < -0.39 is 42.3 Å². The standard InChI is InChI=1S/C17H21NO6/c1-8-4-5-10-11(6-8)16(22)18(15(10)21)13-14(20)9(2)12(7-19)24-17(13)23-3/h4-6,9,12-14,17,19-20H,7H2,1-3H3/t9-,12?,13?,14?,17-/m1/s1. The van der Waals surface area contributed by atoms with E-state index in [0.717, 1.165) is 10.5 Å². The van der Waals surface area contributed by atoms with Gasteiger partial charge in [-0.15, -0.1) is 0 Å². The Morgan fingerprint density at radius 3 is 2.54 bits per heavy atom. The van der Waals surface area contributed by atoms with Crippen LogP contribution in [0.3, 0.4) is 0 Å². The molecule has 0 aromatic heterocycles. The molecule has 0 saturated carbocycles. The number of hydrogen-bond donors (Lipinski definition) is 2. The second-order valence-electron chi connectivity index (χ2n) is 6.33. The van der Waals surface area contributed by atoms with Crippen LogP contribution in [0, 0.1) is 12.8 Å². The highest BCUT2D eigenvalue weighted by molar-refractivity contribution is 6.21. The van der Waals surface area contributed by atoms with Gasteiger partial charge in [-0.25, -0.2) is 0 Å². The molecule has 2 aliphatic heterocycles. The molecule has 24 heavy (non-hydrogen) atoms. The fourth-order valence-electron chi connectivity index (χ4n) is 3.39. The highest BCUT2D eigenvalue weighted by atomic mass is 16.7. The minimum Gasteiger partial charge on any atom is -0.394 e. The molecule has 130 valence electrons. The van der Waals surface area contributed by atoms with Crippen molar-refractivity contribution in [3.05, 3.63) is 34.9 Å². The van der Waals surface area contributed by atoms with Crippen LogP contribution in [0.1, 0.15) is 33.2 Å². The lowest BCUT2D eigenvalue weighted by Gasteiger charge is -2.45. The fraction of sp³-hybridized carbons (Fsp3) is 0.529. The highest BCUT2D eigenvalue weighted by Gasteiger charge is 2.52. The van der Waals surface area contributed by atoms with E-state index in [-0.39, 0.29) is 6.61 Å².